The van der Waals surface area contributed by atoms with Gasteiger partial charge in [0, 0.05) is 17.7 Å². The lowest BCUT2D eigenvalue weighted by molar-refractivity contribution is -0.139. The van der Waals surface area contributed by atoms with Crippen molar-refractivity contribution < 1.29 is 28.9 Å². The highest BCUT2D eigenvalue weighted by atomic mass is 16.5. The van der Waals surface area contributed by atoms with Crippen LogP contribution in [0, 0.1) is 6.92 Å². The Morgan fingerprint density at radius 2 is 1.96 bits per heavy atom. The van der Waals surface area contributed by atoms with E-state index in [9.17, 15) is 9.59 Å². The summed E-state index contributed by atoms with van der Waals surface area (Å²) >= 11 is 0. The molecule has 0 fully saturated rings. The Labute approximate surface area is 163 Å². The Hall–Kier alpha value is -3.22. The number of carbonyl (C=O) groups is 2. The molecule has 1 amide bonds. The van der Waals surface area contributed by atoms with Crippen LogP contribution in [-0.2, 0) is 16.0 Å². The minimum atomic E-state index is -1.05. The van der Waals surface area contributed by atoms with Gasteiger partial charge < -0.3 is 24.6 Å². The fourth-order valence-electron chi connectivity index (χ4n) is 3.04. The van der Waals surface area contributed by atoms with E-state index in [1.807, 2.05) is 26.0 Å². The standard InChI is InChI=1S/C21H23NO6/c1-13-9-15(26-12-19(24)25)7-8-16(13)22-18(23)11-27-17-6-4-5-14-10-21(2,3)28-20(14)17/h4-9H,10-12H2,1-3H3,(H,22,23)(H,24,25). The molecule has 0 saturated heterocycles. The highest BCUT2D eigenvalue weighted by molar-refractivity contribution is 5.92. The molecule has 7 nitrogen and oxygen atoms in total. The number of benzene rings is 2. The highest BCUT2D eigenvalue weighted by Crippen LogP contribution is 2.41. The molecule has 1 aliphatic heterocycles. The maximum absolute atomic E-state index is 12.3. The molecule has 0 bridgehead atoms. The highest BCUT2D eigenvalue weighted by Gasteiger charge is 2.32. The number of carbonyl (C=O) groups excluding carboxylic acids is 1. The molecule has 7 heteroatoms. The topological polar surface area (TPSA) is 94.1 Å². The molecule has 1 heterocycles. The van der Waals surface area contributed by atoms with Gasteiger partial charge in [-0.2, -0.15) is 0 Å². The Morgan fingerprint density at radius 3 is 2.68 bits per heavy atom. The third-order valence-corrected chi connectivity index (χ3v) is 4.25. The second kappa shape index (κ2) is 7.80. The van der Waals surface area contributed by atoms with E-state index < -0.39 is 12.6 Å². The first-order valence-electron chi connectivity index (χ1n) is 8.92. The summed E-state index contributed by atoms with van der Waals surface area (Å²) in [6, 6.07) is 10.6. The molecule has 0 radical (unpaired) electrons. The number of aliphatic carboxylic acids is 1. The van der Waals surface area contributed by atoms with Gasteiger partial charge in [-0.3, -0.25) is 4.79 Å². The average Bonchev–Trinajstić information content (AvgIpc) is 2.94. The fourth-order valence-corrected chi connectivity index (χ4v) is 3.04. The van der Waals surface area contributed by atoms with Crippen LogP contribution in [-0.4, -0.2) is 35.8 Å². The van der Waals surface area contributed by atoms with Crippen molar-refractivity contribution in [3.05, 3.63) is 47.5 Å². The zero-order chi connectivity index (χ0) is 20.3. The minimum absolute atomic E-state index is 0.156. The van der Waals surface area contributed by atoms with E-state index in [0.717, 1.165) is 17.5 Å². The average molecular weight is 385 g/mol. The number of anilines is 1. The first-order valence-corrected chi connectivity index (χ1v) is 8.92. The maximum atomic E-state index is 12.3. The summed E-state index contributed by atoms with van der Waals surface area (Å²) in [5, 5.41) is 11.4. The summed E-state index contributed by atoms with van der Waals surface area (Å²) in [6.45, 7) is 5.24. The van der Waals surface area contributed by atoms with Gasteiger partial charge in [0.2, 0.25) is 0 Å². The Kier molecular flexibility index (Phi) is 5.44. The van der Waals surface area contributed by atoms with Crippen LogP contribution in [0.25, 0.3) is 0 Å². The van der Waals surface area contributed by atoms with Crippen LogP contribution >= 0.6 is 0 Å². The molecule has 0 unspecified atom stereocenters. The van der Waals surface area contributed by atoms with E-state index in [2.05, 4.69) is 5.32 Å². The number of hydrogen-bond donors (Lipinski definition) is 2. The Balaban J connectivity index is 1.59. The molecule has 2 aromatic rings. The molecule has 0 saturated carbocycles. The summed E-state index contributed by atoms with van der Waals surface area (Å²) in [6.07, 6.45) is 0.793. The smallest absolute Gasteiger partial charge is 0.341 e. The van der Waals surface area contributed by atoms with Crippen molar-refractivity contribution in [2.45, 2.75) is 32.8 Å². The number of nitrogens with one attached hydrogen (secondary N) is 1. The fraction of sp³-hybridized carbons (Fsp3) is 0.333. The molecule has 0 aliphatic carbocycles. The molecule has 148 valence electrons. The van der Waals surface area contributed by atoms with Gasteiger partial charge in [0.05, 0.1) is 0 Å². The summed E-state index contributed by atoms with van der Waals surface area (Å²) < 4.78 is 16.7. The summed E-state index contributed by atoms with van der Waals surface area (Å²) in [5.74, 6) is 0.307. The number of rotatable bonds is 7. The monoisotopic (exact) mass is 385 g/mol. The number of amides is 1. The number of carboxylic acid groups (broad SMARTS) is 1. The van der Waals surface area contributed by atoms with Crippen LogP contribution in [0.3, 0.4) is 0 Å². The molecule has 0 atom stereocenters. The van der Waals surface area contributed by atoms with Crippen molar-refractivity contribution in [3.63, 3.8) is 0 Å². The third kappa shape index (κ3) is 4.73. The quantitative estimate of drug-likeness (QED) is 0.760. The zero-order valence-corrected chi connectivity index (χ0v) is 16.1. The van der Waals surface area contributed by atoms with E-state index >= 15 is 0 Å². The first kappa shape index (κ1) is 19.5. The maximum Gasteiger partial charge on any atom is 0.341 e. The van der Waals surface area contributed by atoms with Crippen molar-refractivity contribution >= 4 is 17.6 Å². The van der Waals surface area contributed by atoms with Crippen LogP contribution in [0.2, 0.25) is 0 Å². The lowest BCUT2D eigenvalue weighted by atomic mass is 10.0. The zero-order valence-electron chi connectivity index (χ0n) is 16.1. The predicted octanol–water partition coefficient (Wildman–Crippen LogP) is 3.19. The lowest BCUT2D eigenvalue weighted by Gasteiger charge is -2.18. The van der Waals surface area contributed by atoms with Crippen molar-refractivity contribution in [1.29, 1.82) is 0 Å². The van der Waals surface area contributed by atoms with E-state index in [0.29, 0.717) is 22.9 Å². The molecule has 1 aliphatic rings. The molecule has 28 heavy (non-hydrogen) atoms. The molecule has 2 aromatic carbocycles. The first-order chi connectivity index (χ1) is 13.2. The van der Waals surface area contributed by atoms with Gasteiger partial charge in [-0.1, -0.05) is 12.1 Å². The number of hydrogen-bond acceptors (Lipinski definition) is 5. The van der Waals surface area contributed by atoms with E-state index in [1.54, 1.807) is 31.2 Å². The second-order valence-electron chi connectivity index (χ2n) is 7.28. The number of fused-ring (bicyclic) bond motifs is 1. The van der Waals surface area contributed by atoms with Crippen molar-refractivity contribution in [2.24, 2.45) is 0 Å². The van der Waals surface area contributed by atoms with Crippen LogP contribution in [0.15, 0.2) is 36.4 Å². The molecule has 3 rings (SSSR count). The van der Waals surface area contributed by atoms with Gasteiger partial charge in [-0.25, -0.2) is 4.79 Å². The number of para-hydroxylation sites is 1. The second-order valence-corrected chi connectivity index (χ2v) is 7.28. The van der Waals surface area contributed by atoms with Crippen LogP contribution < -0.4 is 19.5 Å². The Bertz CT molecular complexity index is 906. The van der Waals surface area contributed by atoms with E-state index in [1.165, 1.54) is 0 Å². The van der Waals surface area contributed by atoms with Crippen LogP contribution in [0.1, 0.15) is 25.0 Å². The summed E-state index contributed by atoms with van der Waals surface area (Å²) in [4.78, 5) is 22.8. The Morgan fingerprint density at radius 1 is 1.18 bits per heavy atom. The van der Waals surface area contributed by atoms with Gasteiger partial charge in [0.15, 0.2) is 24.7 Å². The van der Waals surface area contributed by atoms with E-state index in [-0.39, 0.29) is 18.1 Å². The number of ether oxygens (including phenoxy) is 3. The van der Waals surface area contributed by atoms with Gasteiger partial charge >= 0.3 is 5.97 Å². The predicted molar refractivity (Wildman–Crippen MR) is 103 cm³/mol. The number of aryl methyl sites for hydroxylation is 1. The molecular formula is C21H23NO6. The summed E-state index contributed by atoms with van der Waals surface area (Å²) in [7, 11) is 0. The van der Waals surface area contributed by atoms with Crippen molar-refractivity contribution in [2.75, 3.05) is 18.5 Å². The molecule has 0 aromatic heterocycles. The molecular weight excluding hydrogens is 362 g/mol. The van der Waals surface area contributed by atoms with Gasteiger partial charge in [-0.15, -0.1) is 0 Å². The van der Waals surface area contributed by atoms with Gasteiger partial charge in [-0.05, 0) is 50.6 Å². The van der Waals surface area contributed by atoms with Crippen LogP contribution in [0.4, 0.5) is 5.69 Å². The van der Waals surface area contributed by atoms with E-state index in [4.69, 9.17) is 19.3 Å². The van der Waals surface area contributed by atoms with Crippen molar-refractivity contribution in [1.82, 2.24) is 0 Å². The normalized spacial score (nSPS) is 14.0. The molecule has 2 N–H and O–H groups in total. The SMILES string of the molecule is Cc1cc(OCC(=O)O)ccc1NC(=O)COc1cccc2c1OC(C)(C)C2. The van der Waals surface area contributed by atoms with Crippen molar-refractivity contribution in [3.8, 4) is 17.2 Å². The molecule has 0 spiro atoms. The van der Waals surface area contributed by atoms with Gasteiger partial charge in [0.25, 0.3) is 5.91 Å². The number of carboxylic acids is 1. The largest absolute Gasteiger partial charge is 0.483 e. The third-order valence-electron chi connectivity index (χ3n) is 4.25. The minimum Gasteiger partial charge on any atom is -0.483 e. The van der Waals surface area contributed by atoms with Crippen LogP contribution in [0.5, 0.6) is 17.2 Å². The van der Waals surface area contributed by atoms with Gasteiger partial charge in [0.1, 0.15) is 11.4 Å². The lowest BCUT2D eigenvalue weighted by Crippen LogP contribution is -2.25. The summed E-state index contributed by atoms with van der Waals surface area (Å²) in [5.41, 5.74) is 2.13.